The molecule has 0 radical (unpaired) electrons. The molecule has 18 heavy (non-hydrogen) atoms. The lowest BCUT2D eigenvalue weighted by Gasteiger charge is -2.16. The Labute approximate surface area is 102 Å². The first-order valence-corrected chi connectivity index (χ1v) is 5.20. The Kier molecular flexibility index (Phi) is 4.94. The number of hydrogen-bond donors (Lipinski definition) is 3. The van der Waals surface area contributed by atoms with Crippen LogP contribution in [-0.4, -0.2) is 29.5 Å². The minimum atomic E-state index is -4.56. The summed E-state index contributed by atoms with van der Waals surface area (Å²) in [6.07, 6.45) is -5.79. The second kappa shape index (κ2) is 6.03. The predicted molar refractivity (Wildman–Crippen MR) is 57.9 cm³/mol. The van der Waals surface area contributed by atoms with Crippen LogP contribution in [0.25, 0.3) is 0 Å². The lowest BCUT2D eigenvalue weighted by atomic mass is 10.1. The molecule has 0 amide bonds. The van der Waals surface area contributed by atoms with Gasteiger partial charge in [-0.2, -0.15) is 13.2 Å². The van der Waals surface area contributed by atoms with Gasteiger partial charge in [0.25, 0.3) is 0 Å². The lowest BCUT2D eigenvalue weighted by Crippen LogP contribution is -2.22. The summed E-state index contributed by atoms with van der Waals surface area (Å²) in [4.78, 5) is 0. The van der Waals surface area contributed by atoms with Crippen molar-refractivity contribution in [1.82, 2.24) is 0 Å². The average Bonchev–Trinajstić information content (AvgIpc) is 2.34. The van der Waals surface area contributed by atoms with Crippen molar-refractivity contribution >= 4 is 0 Å². The highest BCUT2D eigenvalue weighted by Gasteiger charge is 2.34. The van der Waals surface area contributed by atoms with E-state index in [1.807, 2.05) is 0 Å². The molecule has 4 N–H and O–H groups in total. The molecule has 0 heterocycles. The Morgan fingerprint density at radius 3 is 2.50 bits per heavy atom. The molecular weight excluding hydrogens is 251 g/mol. The van der Waals surface area contributed by atoms with Gasteiger partial charge in [-0.3, -0.25) is 0 Å². The van der Waals surface area contributed by atoms with Crippen molar-refractivity contribution in [3.63, 3.8) is 0 Å². The summed E-state index contributed by atoms with van der Waals surface area (Å²) in [5.74, 6) is -0.396. The van der Waals surface area contributed by atoms with Crippen LogP contribution in [0.5, 0.6) is 5.75 Å². The van der Waals surface area contributed by atoms with E-state index in [0.717, 1.165) is 12.1 Å². The van der Waals surface area contributed by atoms with Gasteiger partial charge >= 0.3 is 6.18 Å². The zero-order valence-corrected chi connectivity index (χ0v) is 9.44. The molecule has 1 rings (SSSR count). The van der Waals surface area contributed by atoms with Crippen molar-refractivity contribution in [2.75, 3.05) is 13.2 Å². The van der Waals surface area contributed by atoms with E-state index in [2.05, 4.69) is 0 Å². The summed E-state index contributed by atoms with van der Waals surface area (Å²) in [5.41, 5.74) is 4.66. The topological polar surface area (TPSA) is 75.7 Å². The minimum absolute atomic E-state index is 0.0113. The second-order valence-electron chi connectivity index (χ2n) is 3.68. The van der Waals surface area contributed by atoms with Gasteiger partial charge < -0.3 is 20.7 Å². The molecule has 0 aliphatic heterocycles. The summed E-state index contributed by atoms with van der Waals surface area (Å²) < 4.78 is 43.1. The Bertz CT molecular complexity index is 396. The highest BCUT2D eigenvalue weighted by molar-refractivity contribution is 5.39. The van der Waals surface area contributed by atoms with Crippen LogP contribution in [0.2, 0.25) is 0 Å². The largest absolute Gasteiger partial charge is 0.490 e. The summed E-state index contributed by atoms with van der Waals surface area (Å²) in [6.45, 7) is -1.01. The maximum absolute atomic E-state index is 12.7. The molecule has 1 atom stereocenters. The molecular formula is C11H14F3NO3. The standard InChI is InChI=1S/C11H14F3NO3/c12-11(13,14)9-3-7(4-15)1-2-10(9)18-6-8(17)5-16/h1-3,8,16-17H,4-6,15H2. The molecule has 0 saturated carbocycles. The summed E-state index contributed by atoms with van der Waals surface area (Å²) in [6, 6.07) is 3.46. The maximum atomic E-state index is 12.7. The third-order valence-electron chi connectivity index (χ3n) is 2.23. The Morgan fingerprint density at radius 2 is 2.00 bits per heavy atom. The fourth-order valence-electron chi connectivity index (χ4n) is 1.29. The van der Waals surface area contributed by atoms with Gasteiger partial charge in [-0.25, -0.2) is 0 Å². The van der Waals surface area contributed by atoms with Crippen LogP contribution < -0.4 is 10.5 Å². The van der Waals surface area contributed by atoms with Crippen LogP contribution in [0.15, 0.2) is 18.2 Å². The molecule has 0 aliphatic carbocycles. The van der Waals surface area contributed by atoms with Gasteiger partial charge in [-0.05, 0) is 17.7 Å². The van der Waals surface area contributed by atoms with E-state index >= 15 is 0 Å². The van der Waals surface area contributed by atoms with Gasteiger partial charge in [0.1, 0.15) is 18.5 Å². The molecule has 4 nitrogen and oxygen atoms in total. The van der Waals surface area contributed by atoms with Crippen molar-refractivity contribution in [3.05, 3.63) is 29.3 Å². The number of rotatable bonds is 5. The number of halogens is 3. The number of ether oxygens (including phenoxy) is 1. The van der Waals surface area contributed by atoms with Crippen molar-refractivity contribution < 1.29 is 28.1 Å². The summed E-state index contributed by atoms with van der Waals surface area (Å²) in [7, 11) is 0. The zero-order valence-electron chi connectivity index (χ0n) is 9.44. The first-order valence-electron chi connectivity index (χ1n) is 5.20. The van der Waals surface area contributed by atoms with E-state index < -0.39 is 36.8 Å². The van der Waals surface area contributed by atoms with Crippen molar-refractivity contribution in [1.29, 1.82) is 0 Å². The number of aliphatic hydroxyl groups excluding tert-OH is 2. The van der Waals surface area contributed by atoms with Crippen LogP contribution in [0, 0.1) is 0 Å². The van der Waals surface area contributed by atoms with E-state index in [1.54, 1.807) is 0 Å². The van der Waals surface area contributed by atoms with Gasteiger partial charge in [-0.1, -0.05) is 6.07 Å². The average molecular weight is 265 g/mol. The first-order chi connectivity index (χ1) is 8.38. The molecule has 0 aliphatic rings. The van der Waals surface area contributed by atoms with Crippen LogP contribution in [-0.2, 0) is 12.7 Å². The Balaban J connectivity index is 2.96. The molecule has 0 saturated heterocycles. The molecule has 1 aromatic rings. The summed E-state index contributed by atoms with van der Waals surface area (Å²) in [5, 5.41) is 17.6. The molecule has 0 spiro atoms. The monoisotopic (exact) mass is 265 g/mol. The lowest BCUT2D eigenvalue weighted by molar-refractivity contribution is -0.139. The van der Waals surface area contributed by atoms with Crippen LogP contribution in [0.1, 0.15) is 11.1 Å². The van der Waals surface area contributed by atoms with Gasteiger partial charge in [0.05, 0.1) is 12.2 Å². The molecule has 102 valence electrons. The maximum Gasteiger partial charge on any atom is 0.419 e. The third kappa shape index (κ3) is 3.86. The number of benzene rings is 1. The molecule has 7 heteroatoms. The zero-order chi connectivity index (χ0) is 13.8. The van der Waals surface area contributed by atoms with Gasteiger partial charge in [0.15, 0.2) is 0 Å². The first kappa shape index (κ1) is 14.7. The summed E-state index contributed by atoms with van der Waals surface area (Å²) >= 11 is 0. The third-order valence-corrected chi connectivity index (χ3v) is 2.23. The highest BCUT2D eigenvalue weighted by atomic mass is 19.4. The molecule has 0 bridgehead atoms. The fraction of sp³-hybridized carbons (Fsp3) is 0.455. The number of nitrogens with two attached hydrogens (primary N) is 1. The van der Waals surface area contributed by atoms with E-state index in [1.165, 1.54) is 6.07 Å². The molecule has 0 aromatic heterocycles. The molecule has 0 fully saturated rings. The smallest absolute Gasteiger partial charge is 0.419 e. The van der Waals surface area contributed by atoms with Crippen molar-refractivity contribution in [2.24, 2.45) is 5.73 Å². The second-order valence-corrected chi connectivity index (χ2v) is 3.68. The number of aliphatic hydroxyl groups is 2. The van der Waals surface area contributed by atoms with E-state index in [9.17, 15) is 13.2 Å². The van der Waals surface area contributed by atoms with E-state index in [0.29, 0.717) is 5.56 Å². The van der Waals surface area contributed by atoms with Gasteiger partial charge in [0, 0.05) is 6.54 Å². The van der Waals surface area contributed by atoms with Gasteiger partial charge in [-0.15, -0.1) is 0 Å². The minimum Gasteiger partial charge on any atom is -0.490 e. The Hall–Kier alpha value is -1.31. The predicted octanol–water partition coefficient (Wildman–Crippen LogP) is 0.896. The fourth-order valence-corrected chi connectivity index (χ4v) is 1.29. The van der Waals surface area contributed by atoms with Crippen LogP contribution >= 0.6 is 0 Å². The highest BCUT2D eigenvalue weighted by Crippen LogP contribution is 2.36. The van der Waals surface area contributed by atoms with E-state index in [-0.39, 0.29) is 6.54 Å². The van der Waals surface area contributed by atoms with Crippen LogP contribution in [0.3, 0.4) is 0 Å². The van der Waals surface area contributed by atoms with Gasteiger partial charge in [0.2, 0.25) is 0 Å². The SMILES string of the molecule is NCc1ccc(OCC(O)CO)c(C(F)(F)F)c1. The van der Waals surface area contributed by atoms with E-state index in [4.69, 9.17) is 20.7 Å². The normalized spacial score (nSPS) is 13.4. The number of alkyl halides is 3. The number of hydrogen-bond acceptors (Lipinski definition) is 4. The quantitative estimate of drug-likeness (QED) is 0.739. The molecule has 1 aromatic carbocycles. The van der Waals surface area contributed by atoms with Crippen LogP contribution in [0.4, 0.5) is 13.2 Å². The Morgan fingerprint density at radius 1 is 1.33 bits per heavy atom. The molecule has 1 unspecified atom stereocenters. The van der Waals surface area contributed by atoms with Crippen molar-refractivity contribution in [2.45, 2.75) is 18.8 Å². The van der Waals surface area contributed by atoms with Crippen molar-refractivity contribution in [3.8, 4) is 5.75 Å².